The second-order valence-corrected chi connectivity index (χ2v) is 5.00. The van der Waals surface area contributed by atoms with Gasteiger partial charge in [-0.25, -0.2) is 0 Å². The summed E-state index contributed by atoms with van der Waals surface area (Å²) in [5.74, 6) is 2.20. The highest BCUT2D eigenvalue weighted by Crippen LogP contribution is 2.12. The van der Waals surface area contributed by atoms with Crippen molar-refractivity contribution in [3.63, 3.8) is 0 Å². The van der Waals surface area contributed by atoms with Crippen LogP contribution in [0.25, 0.3) is 0 Å². The normalized spacial score (nSPS) is 10.9. The Morgan fingerprint density at radius 3 is 2.94 bits per heavy atom. The summed E-state index contributed by atoms with van der Waals surface area (Å²) in [6.45, 7) is 4.18. The molecule has 1 N–H and O–H groups in total. The van der Waals surface area contributed by atoms with E-state index in [9.17, 15) is 4.79 Å². The number of carboxylic acids is 1. The number of thioether (sulfide) groups is 1. The highest BCUT2D eigenvalue weighted by molar-refractivity contribution is 7.98. The van der Waals surface area contributed by atoms with Crippen LogP contribution in [0.1, 0.15) is 32.0 Å². The molecular formula is C10H16N2O3S. The highest BCUT2D eigenvalue weighted by atomic mass is 32.2. The molecule has 0 bridgehead atoms. The molecule has 0 aliphatic rings. The maximum atomic E-state index is 10.3. The van der Waals surface area contributed by atoms with E-state index in [4.69, 9.17) is 9.63 Å². The van der Waals surface area contributed by atoms with Crippen LogP contribution < -0.4 is 0 Å². The molecule has 6 heteroatoms. The number of rotatable bonds is 7. The van der Waals surface area contributed by atoms with Crippen LogP contribution in [0.3, 0.4) is 0 Å². The van der Waals surface area contributed by atoms with E-state index in [1.807, 2.05) is 0 Å². The lowest BCUT2D eigenvalue weighted by Crippen LogP contribution is -1.97. The fraction of sp³-hybridized carbons (Fsp3) is 0.700. The van der Waals surface area contributed by atoms with Gasteiger partial charge in [-0.05, 0) is 5.92 Å². The maximum absolute atomic E-state index is 10.3. The fourth-order valence-corrected chi connectivity index (χ4v) is 1.87. The molecule has 1 heterocycles. The SMILES string of the molecule is CC(C)Cc1nc(CSCCC(=O)O)no1. The second kappa shape index (κ2) is 6.52. The average Bonchev–Trinajstić information content (AvgIpc) is 2.59. The van der Waals surface area contributed by atoms with Gasteiger partial charge in [-0.15, -0.1) is 0 Å². The molecule has 0 amide bonds. The van der Waals surface area contributed by atoms with E-state index in [2.05, 4.69) is 24.0 Å². The van der Waals surface area contributed by atoms with Crippen molar-refractivity contribution in [1.29, 1.82) is 0 Å². The predicted molar refractivity (Wildman–Crippen MR) is 61.3 cm³/mol. The molecule has 0 aliphatic heterocycles. The first-order valence-electron chi connectivity index (χ1n) is 5.19. The van der Waals surface area contributed by atoms with Crippen molar-refractivity contribution in [2.75, 3.05) is 5.75 Å². The molecule has 0 fully saturated rings. The minimum atomic E-state index is -0.777. The molecule has 5 nitrogen and oxygen atoms in total. The number of nitrogens with zero attached hydrogens (tertiary/aromatic N) is 2. The van der Waals surface area contributed by atoms with E-state index < -0.39 is 5.97 Å². The van der Waals surface area contributed by atoms with Gasteiger partial charge in [0.15, 0.2) is 5.82 Å². The first kappa shape index (κ1) is 13.0. The molecule has 0 saturated heterocycles. The summed E-state index contributed by atoms with van der Waals surface area (Å²) in [5.41, 5.74) is 0. The van der Waals surface area contributed by atoms with Crippen molar-refractivity contribution in [2.24, 2.45) is 5.92 Å². The average molecular weight is 244 g/mol. The second-order valence-electron chi connectivity index (χ2n) is 3.90. The lowest BCUT2D eigenvalue weighted by atomic mass is 10.1. The number of carboxylic acid groups (broad SMARTS) is 1. The monoisotopic (exact) mass is 244 g/mol. The summed E-state index contributed by atoms with van der Waals surface area (Å²) >= 11 is 1.50. The zero-order valence-corrected chi connectivity index (χ0v) is 10.3. The maximum Gasteiger partial charge on any atom is 0.304 e. The van der Waals surface area contributed by atoms with Crippen LogP contribution in [0.2, 0.25) is 0 Å². The smallest absolute Gasteiger partial charge is 0.304 e. The Kier molecular flexibility index (Phi) is 5.31. The zero-order chi connectivity index (χ0) is 12.0. The molecule has 0 aliphatic carbocycles. The number of aromatic nitrogens is 2. The molecule has 16 heavy (non-hydrogen) atoms. The summed E-state index contributed by atoms with van der Waals surface area (Å²) in [5, 5.41) is 12.3. The van der Waals surface area contributed by atoms with Gasteiger partial charge < -0.3 is 9.63 Å². The quantitative estimate of drug-likeness (QED) is 0.739. The zero-order valence-electron chi connectivity index (χ0n) is 9.47. The van der Waals surface area contributed by atoms with Crippen molar-refractivity contribution >= 4 is 17.7 Å². The van der Waals surface area contributed by atoms with E-state index in [1.54, 1.807) is 0 Å². The third-order valence-electron chi connectivity index (χ3n) is 1.78. The van der Waals surface area contributed by atoms with Crippen LogP contribution in [0, 0.1) is 5.92 Å². The third-order valence-corrected chi connectivity index (χ3v) is 2.74. The molecule has 0 saturated carbocycles. The van der Waals surface area contributed by atoms with Gasteiger partial charge in [-0.1, -0.05) is 19.0 Å². The van der Waals surface area contributed by atoms with E-state index in [1.165, 1.54) is 11.8 Å². The van der Waals surface area contributed by atoms with Gasteiger partial charge in [-0.3, -0.25) is 4.79 Å². The Morgan fingerprint density at radius 1 is 1.56 bits per heavy atom. The van der Waals surface area contributed by atoms with Crippen molar-refractivity contribution in [3.05, 3.63) is 11.7 Å². The van der Waals surface area contributed by atoms with Gasteiger partial charge in [0, 0.05) is 12.2 Å². The van der Waals surface area contributed by atoms with Crippen molar-refractivity contribution in [3.8, 4) is 0 Å². The third kappa shape index (κ3) is 5.16. The molecule has 0 aromatic carbocycles. The van der Waals surface area contributed by atoms with Crippen molar-refractivity contribution < 1.29 is 14.4 Å². The Bertz CT molecular complexity index is 339. The largest absolute Gasteiger partial charge is 0.481 e. The van der Waals surface area contributed by atoms with Gasteiger partial charge >= 0.3 is 5.97 Å². The van der Waals surface area contributed by atoms with Crippen LogP contribution in [0.15, 0.2) is 4.52 Å². The molecule has 0 spiro atoms. The lowest BCUT2D eigenvalue weighted by Gasteiger charge is -1.96. The van der Waals surface area contributed by atoms with Crippen LogP contribution >= 0.6 is 11.8 Å². The Labute approximate surface area is 98.6 Å². The predicted octanol–water partition coefficient (Wildman–Crippen LogP) is 1.98. The van der Waals surface area contributed by atoms with E-state index in [0.717, 1.165) is 6.42 Å². The molecule has 90 valence electrons. The molecule has 0 radical (unpaired) electrons. The van der Waals surface area contributed by atoms with Gasteiger partial charge in [-0.2, -0.15) is 16.7 Å². The minimum absolute atomic E-state index is 0.168. The van der Waals surface area contributed by atoms with Crippen molar-refractivity contribution in [1.82, 2.24) is 10.1 Å². The molecule has 0 atom stereocenters. The van der Waals surface area contributed by atoms with E-state index in [0.29, 0.717) is 29.1 Å². The molecule has 1 aromatic heterocycles. The van der Waals surface area contributed by atoms with Gasteiger partial charge in [0.25, 0.3) is 0 Å². The Balaban J connectivity index is 2.26. The van der Waals surface area contributed by atoms with Crippen LogP contribution in [-0.2, 0) is 17.0 Å². The summed E-state index contributed by atoms with van der Waals surface area (Å²) < 4.78 is 5.06. The summed E-state index contributed by atoms with van der Waals surface area (Å²) in [6, 6.07) is 0. The number of aliphatic carboxylic acids is 1. The van der Waals surface area contributed by atoms with Gasteiger partial charge in [0.1, 0.15) is 0 Å². The van der Waals surface area contributed by atoms with E-state index in [-0.39, 0.29) is 6.42 Å². The number of hydrogen-bond donors (Lipinski definition) is 1. The summed E-state index contributed by atoms with van der Waals surface area (Å²) in [4.78, 5) is 14.5. The summed E-state index contributed by atoms with van der Waals surface area (Å²) in [7, 11) is 0. The van der Waals surface area contributed by atoms with Crippen LogP contribution in [0.5, 0.6) is 0 Å². The first-order valence-corrected chi connectivity index (χ1v) is 6.34. The number of hydrogen-bond acceptors (Lipinski definition) is 5. The van der Waals surface area contributed by atoms with Crippen molar-refractivity contribution in [2.45, 2.75) is 32.4 Å². The fourth-order valence-electron chi connectivity index (χ4n) is 1.10. The number of carbonyl (C=O) groups is 1. The van der Waals surface area contributed by atoms with Gasteiger partial charge in [0.05, 0.1) is 12.2 Å². The summed E-state index contributed by atoms with van der Waals surface area (Å²) in [6.07, 6.45) is 0.953. The van der Waals surface area contributed by atoms with Crippen LogP contribution in [0.4, 0.5) is 0 Å². The molecule has 1 rings (SSSR count). The van der Waals surface area contributed by atoms with Crippen LogP contribution in [-0.4, -0.2) is 27.0 Å². The standard InChI is InChI=1S/C10H16N2O3S/c1-7(2)5-9-11-8(12-15-9)6-16-4-3-10(13)14/h7H,3-6H2,1-2H3,(H,13,14). The Hall–Kier alpha value is -1.04. The molecule has 1 aromatic rings. The van der Waals surface area contributed by atoms with Gasteiger partial charge in [0.2, 0.25) is 5.89 Å². The highest BCUT2D eigenvalue weighted by Gasteiger charge is 2.08. The topological polar surface area (TPSA) is 76.2 Å². The lowest BCUT2D eigenvalue weighted by molar-refractivity contribution is -0.136. The Morgan fingerprint density at radius 2 is 2.31 bits per heavy atom. The molecular weight excluding hydrogens is 228 g/mol. The first-order chi connectivity index (χ1) is 7.58. The van der Waals surface area contributed by atoms with E-state index >= 15 is 0 Å². The minimum Gasteiger partial charge on any atom is -0.481 e. The molecule has 0 unspecified atom stereocenters.